The summed E-state index contributed by atoms with van der Waals surface area (Å²) in [6.07, 6.45) is 0. The Morgan fingerprint density at radius 1 is 1.15 bits per heavy atom. The molecule has 0 spiro atoms. The number of nitro groups is 1. The smallest absolute Gasteiger partial charge is 0.365 e. The summed E-state index contributed by atoms with van der Waals surface area (Å²) < 4.78 is 5.20. The summed E-state index contributed by atoms with van der Waals surface area (Å²) in [5.41, 5.74) is -0.158. The molecule has 0 aliphatic rings. The number of nitro benzene ring substituents is 1. The number of rotatable bonds is 4. The standard InChI is InChI=1S/C18H12N2O6/c1-11(15-10-12-5-2-3-8-16(12)25-18(15)22)19-26-17(21)13-6-4-7-14(9-13)20(23)24/h2-10H,1H3/b19-11+. The summed E-state index contributed by atoms with van der Waals surface area (Å²) in [5, 5.41) is 15.1. The molecule has 0 N–H and O–H groups in total. The van der Waals surface area contributed by atoms with Crippen LogP contribution in [0.3, 0.4) is 0 Å². The van der Waals surface area contributed by atoms with E-state index in [0.717, 1.165) is 6.07 Å². The van der Waals surface area contributed by atoms with E-state index >= 15 is 0 Å². The highest BCUT2D eigenvalue weighted by molar-refractivity contribution is 6.00. The van der Waals surface area contributed by atoms with Crippen LogP contribution in [-0.4, -0.2) is 16.6 Å². The van der Waals surface area contributed by atoms with Gasteiger partial charge in [-0.3, -0.25) is 10.1 Å². The molecule has 1 aromatic heterocycles. The quantitative estimate of drug-likeness (QED) is 0.234. The van der Waals surface area contributed by atoms with Crippen molar-refractivity contribution in [1.29, 1.82) is 0 Å². The van der Waals surface area contributed by atoms with E-state index in [0.29, 0.717) is 11.0 Å². The lowest BCUT2D eigenvalue weighted by Gasteiger charge is -2.02. The van der Waals surface area contributed by atoms with Gasteiger partial charge in [0.1, 0.15) is 5.58 Å². The number of non-ortho nitro benzene ring substituents is 1. The number of benzene rings is 2. The summed E-state index contributed by atoms with van der Waals surface area (Å²) in [6.45, 7) is 1.49. The van der Waals surface area contributed by atoms with Crippen LogP contribution in [0.5, 0.6) is 0 Å². The van der Waals surface area contributed by atoms with Crippen LogP contribution in [-0.2, 0) is 4.84 Å². The summed E-state index contributed by atoms with van der Waals surface area (Å²) in [7, 11) is 0. The largest absolute Gasteiger partial charge is 0.422 e. The van der Waals surface area contributed by atoms with Crippen molar-refractivity contribution in [2.45, 2.75) is 6.92 Å². The Bertz CT molecular complexity index is 1100. The predicted octanol–water partition coefficient (Wildman–Crippen LogP) is 3.28. The third-order valence-corrected chi connectivity index (χ3v) is 3.59. The molecule has 0 saturated carbocycles. The van der Waals surface area contributed by atoms with E-state index in [4.69, 9.17) is 9.25 Å². The normalized spacial score (nSPS) is 11.3. The minimum Gasteiger partial charge on any atom is -0.422 e. The first-order valence-corrected chi connectivity index (χ1v) is 7.49. The lowest BCUT2D eigenvalue weighted by Crippen LogP contribution is -2.13. The third-order valence-electron chi connectivity index (χ3n) is 3.59. The SMILES string of the molecule is C/C(=N\OC(=O)c1cccc([N+](=O)[O-])c1)c1cc2ccccc2oc1=O. The van der Waals surface area contributed by atoms with Crippen LogP contribution in [0.15, 0.2) is 69.0 Å². The molecule has 8 heteroatoms. The minimum atomic E-state index is -0.877. The van der Waals surface area contributed by atoms with Gasteiger partial charge >= 0.3 is 11.6 Å². The third kappa shape index (κ3) is 3.48. The van der Waals surface area contributed by atoms with Crippen molar-refractivity contribution < 1.29 is 19.0 Å². The maximum absolute atomic E-state index is 12.0. The van der Waals surface area contributed by atoms with E-state index in [-0.39, 0.29) is 22.5 Å². The van der Waals surface area contributed by atoms with Gasteiger partial charge in [0.05, 0.1) is 21.8 Å². The molecule has 0 amide bonds. The summed E-state index contributed by atoms with van der Waals surface area (Å²) >= 11 is 0. The van der Waals surface area contributed by atoms with Crippen molar-refractivity contribution in [2.24, 2.45) is 5.16 Å². The number of hydrogen-bond donors (Lipinski definition) is 0. The fourth-order valence-corrected chi connectivity index (χ4v) is 2.27. The number of para-hydroxylation sites is 1. The molecule has 130 valence electrons. The van der Waals surface area contributed by atoms with E-state index in [1.807, 2.05) is 0 Å². The fraction of sp³-hybridized carbons (Fsp3) is 0.0556. The first-order chi connectivity index (χ1) is 12.5. The number of fused-ring (bicyclic) bond motifs is 1. The number of carbonyl (C=O) groups excluding carboxylic acids is 1. The second kappa shape index (κ2) is 6.98. The molecule has 3 rings (SSSR count). The van der Waals surface area contributed by atoms with Gasteiger partial charge in [-0.25, -0.2) is 9.59 Å². The second-order valence-electron chi connectivity index (χ2n) is 5.35. The molecule has 26 heavy (non-hydrogen) atoms. The van der Waals surface area contributed by atoms with Gasteiger partial charge in [-0.1, -0.05) is 29.4 Å². The second-order valence-corrected chi connectivity index (χ2v) is 5.35. The lowest BCUT2D eigenvalue weighted by atomic mass is 10.1. The van der Waals surface area contributed by atoms with E-state index in [1.54, 1.807) is 30.3 Å². The molecule has 2 aromatic carbocycles. The number of hydrogen-bond acceptors (Lipinski definition) is 7. The fourth-order valence-electron chi connectivity index (χ4n) is 2.27. The first-order valence-electron chi connectivity index (χ1n) is 7.49. The molecule has 0 aliphatic heterocycles. The van der Waals surface area contributed by atoms with Crippen LogP contribution >= 0.6 is 0 Å². The van der Waals surface area contributed by atoms with Gasteiger partial charge in [0.25, 0.3) is 5.69 Å². The monoisotopic (exact) mass is 352 g/mol. The Morgan fingerprint density at radius 3 is 2.69 bits per heavy atom. The molecule has 0 aliphatic carbocycles. The van der Waals surface area contributed by atoms with Gasteiger partial charge in [0.15, 0.2) is 0 Å². The molecule has 0 saturated heterocycles. The molecule has 1 heterocycles. The van der Waals surface area contributed by atoms with E-state index in [1.165, 1.54) is 25.1 Å². The van der Waals surface area contributed by atoms with Gasteiger partial charge < -0.3 is 9.25 Å². The summed E-state index contributed by atoms with van der Waals surface area (Å²) in [6, 6.07) is 13.6. The lowest BCUT2D eigenvalue weighted by molar-refractivity contribution is -0.384. The molecule has 3 aromatic rings. The Labute approximate surface area is 146 Å². The predicted molar refractivity (Wildman–Crippen MR) is 93.2 cm³/mol. The highest BCUT2D eigenvalue weighted by Crippen LogP contribution is 2.15. The van der Waals surface area contributed by atoms with Crippen LogP contribution in [0.4, 0.5) is 5.69 Å². The van der Waals surface area contributed by atoms with Gasteiger partial charge in [-0.2, -0.15) is 0 Å². The number of oxime groups is 1. The van der Waals surface area contributed by atoms with Crippen LogP contribution in [0.25, 0.3) is 11.0 Å². The van der Waals surface area contributed by atoms with Gasteiger partial charge in [-0.15, -0.1) is 0 Å². The Hall–Kier alpha value is -3.81. The molecule has 0 fully saturated rings. The summed E-state index contributed by atoms with van der Waals surface area (Å²) in [4.78, 5) is 39.0. The molecule has 0 unspecified atom stereocenters. The van der Waals surface area contributed by atoms with Crippen molar-refractivity contribution in [3.05, 3.63) is 86.3 Å². The van der Waals surface area contributed by atoms with Crippen molar-refractivity contribution >= 4 is 28.3 Å². The molecular formula is C18H12N2O6. The maximum Gasteiger partial charge on any atom is 0.365 e. The van der Waals surface area contributed by atoms with E-state index in [9.17, 15) is 19.7 Å². The highest BCUT2D eigenvalue weighted by atomic mass is 16.7. The van der Waals surface area contributed by atoms with Crippen molar-refractivity contribution in [3.8, 4) is 0 Å². The molecular weight excluding hydrogens is 340 g/mol. The highest BCUT2D eigenvalue weighted by Gasteiger charge is 2.14. The maximum atomic E-state index is 12.0. The number of carbonyl (C=O) groups is 1. The minimum absolute atomic E-state index is 0.0266. The molecule has 0 bridgehead atoms. The van der Waals surface area contributed by atoms with Gasteiger partial charge in [0.2, 0.25) is 0 Å². The molecule has 0 atom stereocenters. The molecule has 0 radical (unpaired) electrons. The average Bonchev–Trinajstić information content (AvgIpc) is 2.65. The van der Waals surface area contributed by atoms with Crippen molar-refractivity contribution in [1.82, 2.24) is 0 Å². The van der Waals surface area contributed by atoms with Crippen LogP contribution in [0.2, 0.25) is 0 Å². The zero-order valence-electron chi connectivity index (χ0n) is 13.5. The van der Waals surface area contributed by atoms with Crippen molar-refractivity contribution in [2.75, 3.05) is 0 Å². The number of nitrogens with zero attached hydrogens (tertiary/aromatic N) is 2. The molecule has 8 nitrogen and oxygen atoms in total. The Kier molecular flexibility index (Phi) is 4.57. The van der Waals surface area contributed by atoms with E-state index < -0.39 is 16.5 Å². The van der Waals surface area contributed by atoms with E-state index in [2.05, 4.69) is 5.16 Å². The van der Waals surface area contributed by atoms with Crippen LogP contribution in [0.1, 0.15) is 22.8 Å². The van der Waals surface area contributed by atoms with Crippen LogP contribution < -0.4 is 5.63 Å². The Morgan fingerprint density at radius 2 is 1.92 bits per heavy atom. The zero-order valence-corrected chi connectivity index (χ0v) is 13.5. The Balaban J connectivity index is 1.85. The summed E-state index contributed by atoms with van der Waals surface area (Å²) in [5.74, 6) is -0.877. The average molecular weight is 352 g/mol. The van der Waals surface area contributed by atoms with Gasteiger partial charge in [0, 0.05) is 17.5 Å². The van der Waals surface area contributed by atoms with Crippen LogP contribution in [0, 0.1) is 10.1 Å². The first kappa shape index (κ1) is 17.0. The topological polar surface area (TPSA) is 112 Å². The van der Waals surface area contributed by atoms with Gasteiger partial charge in [-0.05, 0) is 25.1 Å². The zero-order chi connectivity index (χ0) is 18.7. The van der Waals surface area contributed by atoms with Crippen molar-refractivity contribution in [3.63, 3.8) is 0 Å².